The smallest absolute Gasteiger partial charge is 0.240 e. The third-order valence-electron chi connectivity index (χ3n) is 4.48. The second-order valence-corrected chi connectivity index (χ2v) is 6.19. The molecule has 0 aromatic heterocycles. The summed E-state index contributed by atoms with van der Waals surface area (Å²) in [6.45, 7) is 6.29. The van der Waals surface area contributed by atoms with Crippen LogP contribution in [0.1, 0.15) is 49.9 Å². The Hall–Kier alpha value is -2.62. The highest BCUT2D eigenvalue weighted by atomic mass is 16.5. The molecule has 0 radical (unpaired) electrons. The van der Waals surface area contributed by atoms with Gasteiger partial charge in [-0.05, 0) is 42.2 Å². The first kappa shape index (κ1) is 17.2. The van der Waals surface area contributed by atoms with Crippen LogP contribution in [0.2, 0.25) is 0 Å². The number of hydrogen-bond acceptors (Lipinski definition) is 3. The summed E-state index contributed by atoms with van der Waals surface area (Å²) in [6.07, 6.45) is 1.72. The SMILES string of the molecule is CCOc1cccc(C2CC(c3ccc(CC)cc3)=NN2C(C)=O)c1. The zero-order chi connectivity index (χ0) is 17.8. The molecule has 0 saturated carbocycles. The molecule has 1 atom stereocenters. The molecule has 1 aliphatic heterocycles. The van der Waals surface area contributed by atoms with Gasteiger partial charge in [-0.3, -0.25) is 4.79 Å². The fourth-order valence-electron chi connectivity index (χ4n) is 3.15. The molecule has 0 saturated heterocycles. The molecule has 25 heavy (non-hydrogen) atoms. The van der Waals surface area contributed by atoms with Crippen LogP contribution in [-0.4, -0.2) is 23.2 Å². The summed E-state index contributed by atoms with van der Waals surface area (Å²) < 4.78 is 5.60. The number of rotatable bonds is 5. The van der Waals surface area contributed by atoms with E-state index < -0.39 is 0 Å². The highest BCUT2D eigenvalue weighted by molar-refractivity contribution is 6.03. The maximum absolute atomic E-state index is 12.1. The van der Waals surface area contributed by atoms with E-state index in [0.717, 1.165) is 29.0 Å². The fraction of sp³-hybridized carbons (Fsp3) is 0.333. The molecule has 1 amide bonds. The maximum Gasteiger partial charge on any atom is 0.240 e. The standard InChI is InChI=1S/C21H24N2O2/c1-4-16-9-11-17(12-10-16)20-14-21(23(22-20)15(3)24)18-7-6-8-19(13-18)25-5-2/h6-13,21H,4-5,14H2,1-3H3. The zero-order valence-electron chi connectivity index (χ0n) is 15.0. The van der Waals surface area contributed by atoms with Crippen LogP contribution >= 0.6 is 0 Å². The van der Waals surface area contributed by atoms with E-state index in [1.165, 1.54) is 5.56 Å². The Labute approximate surface area is 149 Å². The Morgan fingerprint density at radius 2 is 1.96 bits per heavy atom. The minimum absolute atomic E-state index is 0.0491. The molecule has 1 heterocycles. The van der Waals surface area contributed by atoms with E-state index in [0.29, 0.717) is 13.0 Å². The van der Waals surface area contributed by atoms with Crippen molar-refractivity contribution in [2.75, 3.05) is 6.61 Å². The number of carbonyl (C=O) groups excluding carboxylic acids is 1. The van der Waals surface area contributed by atoms with Crippen LogP contribution in [0.4, 0.5) is 0 Å². The van der Waals surface area contributed by atoms with Crippen LogP contribution in [0.25, 0.3) is 0 Å². The van der Waals surface area contributed by atoms with Crippen molar-refractivity contribution in [3.63, 3.8) is 0 Å². The third-order valence-corrected chi connectivity index (χ3v) is 4.48. The minimum Gasteiger partial charge on any atom is -0.494 e. The Bertz CT molecular complexity index is 781. The molecule has 0 bridgehead atoms. The first-order valence-electron chi connectivity index (χ1n) is 8.81. The van der Waals surface area contributed by atoms with Crippen molar-refractivity contribution < 1.29 is 9.53 Å². The van der Waals surface area contributed by atoms with Gasteiger partial charge in [-0.25, -0.2) is 5.01 Å². The van der Waals surface area contributed by atoms with Gasteiger partial charge in [-0.2, -0.15) is 5.10 Å². The number of benzene rings is 2. The molecule has 0 fully saturated rings. The van der Waals surface area contributed by atoms with Crippen molar-refractivity contribution in [3.8, 4) is 5.75 Å². The number of nitrogens with zero attached hydrogens (tertiary/aromatic N) is 2. The van der Waals surface area contributed by atoms with Crippen molar-refractivity contribution >= 4 is 11.6 Å². The summed E-state index contributed by atoms with van der Waals surface area (Å²) in [4.78, 5) is 12.1. The van der Waals surface area contributed by atoms with Gasteiger partial charge in [0.05, 0.1) is 18.4 Å². The molecule has 0 aliphatic carbocycles. The molecule has 0 spiro atoms. The molecular formula is C21H24N2O2. The van der Waals surface area contributed by atoms with Crippen molar-refractivity contribution in [1.29, 1.82) is 0 Å². The number of aryl methyl sites for hydroxylation is 1. The van der Waals surface area contributed by atoms with Gasteiger partial charge in [-0.1, -0.05) is 43.3 Å². The average Bonchev–Trinajstić information content (AvgIpc) is 3.08. The molecule has 2 aromatic rings. The number of hydrazone groups is 1. The summed E-state index contributed by atoms with van der Waals surface area (Å²) in [5.74, 6) is 0.774. The second kappa shape index (κ2) is 7.51. The van der Waals surface area contributed by atoms with Crippen LogP contribution in [0.5, 0.6) is 5.75 Å². The van der Waals surface area contributed by atoms with E-state index in [2.05, 4.69) is 36.3 Å². The molecule has 130 valence electrons. The minimum atomic E-state index is -0.0845. The van der Waals surface area contributed by atoms with E-state index >= 15 is 0 Å². The van der Waals surface area contributed by atoms with E-state index in [9.17, 15) is 4.79 Å². The van der Waals surface area contributed by atoms with Gasteiger partial charge in [0.1, 0.15) is 5.75 Å². The molecular weight excluding hydrogens is 312 g/mol. The molecule has 4 heteroatoms. The predicted octanol–water partition coefficient (Wildman–Crippen LogP) is 4.35. The summed E-state index contributed by atoms with van der Waals surface area (Å²) >= 11 is 0. The topological polar surface area (TPSA) is 41.9 Å². The Morgan fingerprint density at radius 3 is 2.60 bits per heavy atom. The molecule has 1 aliphatic rings. The molecule has 3 rings (SSSR count). The van der Waals surface area contributed by atoms with Crippen LogP contribution in [0.15, 0.2) is 53.6 Å². The van der Waals surface area contributed by atoms with Gasteiger partial charge in [0, 0.05) is 13.3 Å². The van der Waals surface area contributed by atoms with Gasteiger partial charge in [0.15, 0.2) is 0 Å². The lowest BCUT2D eigenvalue weighted by atomic mass is 9.97. The van der Waals surface area contributed by atoms with E-state index in [-0.39, 0.29) is 11.9 Å². The highest BCUT2D eigenvalue weighted by Gasteiger charge is 2.31. The van der Waals surface area contributed by atoms with Gasteiger partial charge >= 0.3 is 0 Å². The van der Waals surface area contributed by atoms with E-state index in [1.54, 1.807) is 11.9 Å². The number of carbonyl (C=O) groups is 1. The summed E-state index contributed by atoms with van der Waals surface area (Å²) in [5.41, 5.74) is 4.37. The molecule has 0 N–H and O–H groups in total. The number of amides is 1. The second-order valence-electron chi connectivity index (χ2n) is 6.19. The Balaban J connectivity index is 1.88. The van der Waals surface area contributed by atoms with Crippen LogP contribution in [0, 0.1) is 0 Å². The Kier molecular flexibility index (Phi) is 5.17. The highest BCUT2D eigenvalue weighted by Crippen LogP contribution is 2.34. The lowest BCUT2D eigenvalue weighted by molar-refractivity contribution is -0.130. The van der Waals surface area contributed by atoms with Gasteiger partial charge < -0.3 is 4.74 Å². The quantitative estimate of drug-likeness (QED) is 0.815. The van der Waals surface area contributed by atoms with E-state index in [4.69, 9.17) is 4.74 Å². The largest absolute Gasteiger partial charge is 0.494 e. The van der Waals surface area contributed by atoms with E-state index in [1.807, 2.05) is 31.2 Å². The molecule has 4 nitrogen and oxygen atoms in total. The fourth-order valence-corrected chi connectivity index (χ4v) is 3.15. The lowest BCUT2D eigenvalue weighted by Crippen LogP contribution is -2.24. The number of ether oxygens (including phenoxy) is 1. The molecule has 2 aromatic carbocycles. The monoisotopic (exact) mass is 336 g/mol. The number of hydrogen-bond donors (Lipinski definition) is 0. The van der Waals surface area contributed by atoms with Crippen LogP contribution < -0.4 is 4.74 Å². The third kappa shape index (κ3) is 3.73. The van der Waals surface area contributed by atoms with Gasteiger partial charge in [-0.15, -0.1) is 0 Å². The zero-order valence-corrected chi connectivity index (χ0v) is 15.0. The molecule has 1 unspecified atom stereocenters. The first-order valence-corrected chi connectivity index (χ1v) is 8.81. The Morgan fingerprint density at radius 1 is 1.20 bits per heavy atom. The normalized spacial score (nSPS) is 16.7. The average molecular weight is 336 g/mol. The maximum atomic E-state index is 12.1. The van der Waals surface area contributed by atoms with Crippen molar-refractivity contribution in [2.45, 2.75) is 39.7 Å². The first-order chi connectivity index (χ1) is 12.1. The van der Waals surface area contributed by atoms with Crippen LogP contribution in [0.3, 0.4) is 0 Å². The summed E-state index contributed by atoms with van der Waals surface area (Å²) in [7, 11) is 0. The van der Waals surface area contributed by atoms with Gasteiger partial charge in [0.25, 0.3) is 0 Å². The van der Waals surface area contributed by atoms with Crippen molar-refractivity contribution in [3.05, 3.63) is 65.2 Å². The van der Waals surface area contributed by atoms with Crippen molar-refractivity contribution in [1.82, 2.24) is 5.01 Å². The lowest BCUT2D eigenvalue weighted by Gasteiger charge is -2.21. The van der Waals surface area contributed by atoms with Crippen molar-refractivity contribution in [2.24, 2.45) is 5.10 Å². The summed E-state index contributed by atoms with van der Waals surface area (Å²) in [5, 5.41) is 6.20. The predicted molar refractivity (Wildman–Crippen MR) is 99.8 cm³/mol. The summed E-state index contributed by atoms with van der Waals surface area (Å²) in [6, 6.07) is 16.3. The van der Waals surface area contributed by atoms with Crippen LogP contribution in [-0.2, 0) is 11.2 Å². The van der Waals surface area contributed by atoms with Gasteiger partial charge in [0.2, 0.25) is 5.91 Å².